The molecule has 4 rings (SSSR count). The number of carbonyl (C=O) groups is 2. The molecule has 212 valence electrons. The van der Waals surface area contributed by atoms with Crippen molar-refractivity contribution in [3.63, 3.8) is 0 Å². The maximum atomic E-state index is 14.2. The normalized spacial score (nSPS) is 11.9. The molecule has 1 N–H and O–H groups in total. The molecule has 0 aromatic heterocycles. The monoisotopic (exact) mass is 653 g/mol. The molecule has 2 amide bonds. The number of benzene rings is 4. The summed E-state index contributed by atoms with van der Waals surface area (Å²) in [5.74, 6) is -0.898. The van der Waals surface area contributed by atoms with Crippen LogP contribution in [0.5, 0.6) is 0 Å². The van der Waals surface area contributed by atoms with E-state index in [4.69, 9.17) is 11.6 Å². The fourth-order valence-electron chi connectivity index (χ4n) is 4.41. The van der Waals surface area contributed by atoms with Crippen LogP contribution in [0.3, 0.4) is 0 Å². The van der Waals surface area contributed by atoms with Crippen LogP contribution in [0.1, 0.15) is 11.1 Å². The van der Waals surface area contributed by atoms with Crippen LogP contribution >= 0.6 is 27.5 Å². The van der Waals surface area contributed by atoms with Gasteiger partial charge in [-0.25, -0.2) is 8.42 Å². The summed E-state index contributed by atoms with van der Waals surface area (Å²) in [5, 5.41) is 3.10. The topological polar surface area (TPSA) is 86.8 Å². The van der Waals surface area contributed by atoms with E-state index >= 15 is 0 Å². The lowest BCUT2D eigenvalue weighted by molar-refractivity contribution is -0.139. The van der Waals surface area contributed by atoms with Gasteiger partial charge in [-0.1, -0.05) is 88.2 Å². The molecule has 0 heterocycles. The van der Waals surface area contributed by atoms with Crippen LogP contribution < -0.4 is 9.62 Å². The fraction of sp³-hybridized carbons (Fsp3) is 0.161. The predicted octanol–water partition coefficient (Wildman–Crippen LogP) is 5.68. The highest BCUT2D eigenvalue weighted by Crippen LogP contribution is 2.26. The standard InChI is InChI=1S/C31H29BrClN3O4S/c1-34-31(38)29(20-23-9-4-2-5-10-23)35(21-24-11-8-12-25(32)19-24)30(37)22-36(27-17-15-26(33)16-18-27)41(39,40)28-13-6-3-7-14-28/h2-19,29H,20-22H2,1H3,(H,34,38)/t29-/m0/s1. The lowest BCUT2D eigenvalue weighted by atomic mass is 10.0. The van der Waals surface area contributed by atoms with E-state index in [2.05, 4.69) is 21.2 Å². The summed E-state index contributed by atoms with van der Waals surface area (Å²) in [4.78, 5) is 29.0. The van der Waals surface area contributed by atoms with Gasteiger partial charge in [0, 0.05) is 29.5 Å². The fourth-order valence-corrected chi connectivity index (χ4v) is 6.42. The third kappa shape index (κ3) is 7.75. The van der Waals surface area contributed by atoms with Crippen LogP contribution in [0.4, 0.5) is 5.69 Å². The van der Waals surface area contributed by atoms with Crippen LogP contribution in [0.15, 0.2) is 119 Å². The van der Waals surface area contributed by atoms with Gasteiger partial charge in [0.15, 0.2) is 0 Å². The second-order valence-corrected chi connectivity index (χ2v) is 12.5. The van der Waals surface area contributed by atoms with Crippen LogP contribution in [-0.4, -0.2) is 44.8 Å². The number of likely N-dealkylation sites (N-methyl/N-ethyl adjacent to an activating group) is 1. The first kappa shape index (κ1) is 30.3. The highest BCUT2D eigenvalue weighted by molar-refractivity contribution is 9.10. The van der Waals surface area contributed by atoms with Gasteiger partial charge < -0.3 is 10.2 Å². The van der Waals surface area contributed by atoms with Gasteiger partial charge in [-0.05, 0) is 59.7 Å². The number of nitrogens with zero attached hydrogens (tertiary/aromatic N) is 2. The number of anilines is 1. The van der Waals surface area contributed by atoms with Crippen molar-refractivity contribution in [2.75, 3.05) is 17.9 Å². The van der Waals surface area contributed by atoms with Gasteiger partial charge in [-0.3, -0.25) is 13.9 Å². The summed E-state index contributed by atoms with van der Waals surface area (Å²) in [6.07, 6.45) is 0.243. The van der Waals surface area contributed by atoms with Gasteiger partial charge in [0.05, 0.1) is 10.6 Å². The Morgan fingerprint density at radius 2 is 1.46 bits per heavy atom. The molecule has 0 saturated carbocycles. The number of hydrogen-bond donors (Lipinski definition) is 1. The molecule has 0 aliphatic carbocycles. The molecule has 4 aromatic carbocycles. The Morgan fingerprint density at radius 1 is 0.854 bits per heavy atom. The van der Waals surface area contributed by atoms with Crippen molar-refractivity contribution in [2.45, 2.75) is 23.9 Å². The van der Waals surface area contributed by atoms with E-state index < -0.39 is 28.5 Å². The van der Waals surface area contributed by atoms with E-state index in [9.17, 15) is 18.0 Å². The largest absolute Gasteiger partial charge is 0.357 e. The number of hydrogen-bond acceptors (Lipinski definition) is 4. The van der Waals surface area contributed by atoms with Crippen molar-refractivity contribution < 1.29 is 18.0 Å². The average Bonchev–Trinajstić information content (AvgIpc) is 2.98. The maximum absolute atomic E-state index is 14.2. The molecule has 7 nitrogen and oxygen atoms in total. The molecule has 10 heteroatoms. The Labute approximate surface area is 253 Å². The van der Waals surface area contributed by atoms with E-state index in [1.165, 1.54) is 24.1 Å². The molecule has 0 radical (unpaired) electrons. The van der Waals surface area contributed by atoms with Gasteiger partial charge in [0.25, 0.3) is 10.0 Å². The first-order valence-electron chi connectivity index (χ1n) is 12.8. The summed E-state index contributed by atoms with van der Waals surface area (Å²) < 4.78 is 29.6. The highest BCUT2D eigenvalue weighted by atomic mass is 79.9. The molecule has 0 spiro atoms. The zero-order valence-electron chi connectivity index (χ0n) is 22.3. The lowest BCUT2D eigenvalue weighted by Crippen LogP contribution is -2.53. The molecule has 0 unspecified atom stereocenters. The van der Waals surface area contributed by atoms with E-state index in [1.54, 1.807) is 42.5 Å². The summed E-state index contributed by atoms with van der Waals surface area (Å²) in [7, 11) is -2.63. The SMILES string of the molecule is CNC(=O)[C@H](Cc1ccccc1)N(Cc1cccc(Br)c1)C(=O)CN(c1ccc(Cl)cc1)S(=O)(=O)c1ccccc1. The predicted molar refractivity (Wildman–Crippen MR) is 165 cm³/mol. The van der Waals surface area contributed by atoms with Gasteiger partial charge in [0.2, 0.25) is 11.8 Å². The number of carbonyl (C=O) groups excluding carboxylic acids is 2. The van der Waals surface area contributed by atoms with Crippen molar-refractivity contribution >= 4 is 55.1 Å². The average molecular weight is 655 g/mol. The van der Waals surface area contributed by atoms with Crippen molar-refractivity contribution in [2.24, 2.45) is 0 Å². The zero-order valence-corrected chi connectivity index (χ0v) is 25.4. The maximum Gasteiger partial charge on any atom is 0.264 e. The van der Waals surface area contributed by atoms with Gasteiger partial charge >= 0.3 is 0 Å². The summed E-state index contributed by atoms with van der Waals surface area (Å²) >= 11 is 9.55. The number of rotatable bonds is 11. The van der Waals surface area contributed by atoms with Crippen molar-refractivity contribution in [3.8, 4) is 0 Å². The number of amides is 2. The van der Waals surface area contributed by atoms with Crippen LogP contribution in [0.25, 0.3) is 0 Å². The van der Waals surface area contributed by atoms with Crippen LogP contribution in [0, 0.1) is 0 Å². The molecular weight excluding hydrogens is 626 g/mol. The molecule has 0 aliphatic rings. The molecule has 0 aliphatic heterocycles. The molecule has 0 saturated heterocycles. The molecule has 1 atom stereocenters. The van der Waals surface area contributed by atoms with E-state index in [-0.39, 0.29) is 29.5 Å². The quantitative estimate of drug-likeness (QED) is 0.225. The lowest BCUT2D eigenvalue weighted by Gasteiger charge is -2.33. The molecular formula is C31H29BrClN3O4S. The number of nitrogens with one attached hydrogen (secondary N) is 1. The zero-order chi connectivity index (χ0) is 29.4. The highest BCUT2D eigenvalue weighted by Gasteiger charge is 2.34. The Morgan fingerprint density at radius 3 is 2.07 bits per heavy atom. The first-order valence-corrected chi connectivity index (χ1v) is 15.4. The first-order chi connectivity index (χ1) is 19.7. The Balaban J connectivity index is 1.78. The van der Waals surface area contributed by atoms with Crippen LogP contribution in [-0.2, 0) is 32.6 Å². The third-order valence-electron chi connectivity index (χ3n) is 6.48. The minimum atomic E-state index is -4.15. The minimum Gasteiger partial charge on any atom is -0.357 e. The molecule has 41 heavy (non-hydrogen) atoms. The number of halogens is 2. The smallest absolute Gasteiger partial charge is 0.264 e. The molecule has 0 fully saturated rings. The van der Waals surface area contributed by atoms with E-state index in [0.29, 0.717) is 5.02 Å². The minimum absolute atomic E-state index is 0.0356. The summed E-state index contributed by atoms with van der Waals surface area (Å²) in [6, 6.07) is 30.0. The molecule has 0 bridgehead atoms. The summed E-state index contributed by atoms with van der Waals surface area (Å²) in [6.45, 7) is -0.446. The van der Waals surface area contributed by atoms with Gasteiger partial charge in [-0.2, -0.15) is 0 Å². The van der Waals surface area contributed by atoms with Gasteiger partial charge in [0.1, 0.15) is 12.6 Å². The molecule has 4 aromatic rings. The van der Waals surface area contributed by atoms with Crippen molar-refractivity contribution in [1.82, 2.24) is 10.2 Å². The second kappa shape index (κ2) is 13.8. The van der Waals surface area contributed by atoms with E-state index in [0.717, 1.165) is 19.9 Å². The second-order valence-electron chi connectivity index (χ2n) is 9.27. The van der Waals surface area contributed by atoms with Gasteiger partial charge in [-0.15, -0.1) is 0 Å². The van der Waals surface area contributed by atoms with Crippen molar-refractivity contribution in [3.05, 3.63) is 130 Å². The van der Waals surface area contributed by atoms with Crippen LogP contribution in [0.2, 0.25) is 5.02 Å². The Hall–Kier alpha value is -3.66. The Kier molecular flexibility index (Phi) is 10.2. The number of sulfonamides is 1. The van der Waals surface area contributed by atoms with Crippen molar-refractivity contribution in [1.29, 1.82) is 0 Å². The Bertz CT molecular complexity index is 1590. The third-order valence-corrected chi connectivity index (χ3v) is 9.02. The van der Waals surface area contributed by atoms with E-state index in [1.807, 2.05) is 54.6 Å². The summed E-state index contributed by atoms with van der Waals surface area (Å²) in [5.41, 5.74) is 1.91.